The first kappa shape index (κ1) is 24.1. The number of rotatable bonds is 6. The molecule has 1 fully saturated rings. The largest absolute Gasteiger partial charge is 0.473 e. The average molecular weight is 514 g/mol. The van der Waals surface area contributed by atoms with Gasteiger partial charge in [0.1, 0.15) is 22.5 Å². The number of ether oxygens (including phenoxy) is 1. The highest BCUT2D eigenvalue weighted by molar-refractivity contribution is 7.99. The van der Waals surface area contributed by atoms with Gasteiger partial charge in [-0.3, -0.25) is 10.1 Å². The Balaban J connectivity index is 1.82. The molecule has 4 aromatic rings. The van der Waals surface area contributed by atoms with Gasteiger partial charge < -0.3 is 9.64 Å². The molecule has 0 spiro atoms. The van der Waals surface area contributed by atoms with Crippen LogP contribution < -0.4 is 21.2 Å². The van der Waals surface area contributed by atoms with Crippen molar-refractivity contribution in [3.8, 4) is 0 Å². The summed E-state index contributed by atoms with van der Waals surface area (Å²) in [6.45, 7) is 1.30. The zero-order valence-corrected chi connectivity index (χ0v) is 21.6. The van der Waals surface area contributed by atoms with Crippen molar-refractivity contribution in [2.75, 3.05) is 20.2 Å². The predicted octanol–water partition coefficient (Wildman–Crippen LogP) is 5.15. The zero-order chi connectivity index (χ0) is 25.0. The fourth-order valence-corrected chi connectivity index (χ4v) is 9.04. The van der Waals surface area contributed by atoms with Crippen LogP contribution >= 0.6 is 18.9 Å². The van der Waals surface area contributed by atoms with E-state index in [2.05, 4.69) is 83.0 Å². The molecule has 36 heavy (non-hydrogen) atoms. The Hall–Kier alpha value is -3.59. The van der Waals surface area contributed by atoms with Gasteiger partial charge in [-0.2, -0.15) is 0 Å². The Morgan fingerprint density at radius 1 is 0.778 bits per heavy atom. The van der Waals surface area contributed by atoms with E-state index in [0.717, 1.165) is 27.9 Å². The lowest BCUT2D eigenvalue weighted by Gasteiger charge is -2.30. The van der Waals surface area contributed by atoms with Crippen LogP contribution in [0.15, 0.2) is 127 Å². The van der Waals surface area contributed by atoms with Crippen LogP contribution in [0, 0.1) is 0 Å². The molecule has 0 radical (unpaired) electrons. The molecule has 6 heteroatoms. The number of halogens is 1. The molecule has 180 valence electrons. The Bertz CT molecular complexity index is 1260. The second-order valence-corrected chi connectivity index (χ2v) is 12.3. The van der Waals surface area contributed by atoms with Crippen molar-refractivity contribution in [1.29, 1.82) is 0 Å². The van der Waals surface area contributed by atoms with Crippen LogP contribution in [-0.4, -0.2) is 31.0 Å². The Morgan fingerprint density at radius 3 is 1.67 bits per heavy atom. The molecule has 0 saturated carbocycles. The van der Waals surface area contributed by atoms with E-state index in [9.17, 15) is 4.79 Å². The monoisotopic (exact) mass is 513 g/mol. The second kappa shape index (κ2) is 10.6. The summed E-state index contributed by atoms with van der Waals surface area (Å²) in [5.74, 6) is 0.493. The van der Waals surface area contributed by atoms with Crippen LogP contribution in [0.3, 0.4) is 0 Å². The molecule has 1 saturated heterocycles. The summed E-state index contributed by atoms with van der Waals surface area (Å²) >= 11 is 6.10. The number of hydrogen-bond acceptors (Lipinski definition) is 3. The fraction of sp³-hybridized carbons (Fsp3) is 0.100. The topological polar surface area (TPSA) is 41.6 Å². The van der Waals surface area contributed by atoms with Crippen molar-refractivity contribution in [2.45, 2.75) is 0 Å². The van der Waals surface area contributed by atoms with Gasteiger partial charge >= 0.3 is 0 Å². The highest BCUT2D eigenvalue weighted by Gasteiger charge is 2.54. The molecule has 1 aliphatic rings. The molecule has 1 amide bonds. The highest BCUT2D eigenvalue weighted by atomic mass is 35.5. The van der Waals surface area contributed by atoms with Gasteiger partial charge in [-0.15, -0.1) is 0 Å². The maximum absolute atomic E-state index is 13.7. The van der Waals surface area contributed by atoms with E-state index in [1.54, 1.807) is 24.3 Å². The van der Waals surface area contributed by atoms with Crippen LogP contribution in [0.4, 0.5) is 0 Å². The Morgan fingerprint density at radius 2 is 1.25 bits per heavy atom. The number of nitrogens with zero attached hydrogens (tertiary/aromatic N) is 1. The summed E-state index contributed by atoms with van der Waals surface area (Å²) < 4.78 is 6.25. The maximum atomic E-state index is 13.7. The Kier molecular flexibility index (Phi) is 7.09. The molecule has 0 aromatic heterocycles. The van der Waals surface area contributed by atoms with E-state index in [0.29, 0.717) is 23.1 Å². The molecule has 0 atom stereocenters. The minimum Gasteiger partial charge on any atom is -0.473 e. The Labute approximate surface area is 217 Å². The fourth-order valence-electron chi connectivity index (χ4n) is 4.59. The smallest absolute Gasteiger partial charge is 0.258 e. The quantitative estimate of drug-likeness (QED) is 0.362. The standard InChI is InChI=1S/C30H26ClN2O2P/c1-33-21-22-35-30(33)29(32-28(34)23-17-19-24(31)20-18-23)36(25-11-5-2-6-12-25,26-13-7-3-8-14-26)27-15-9-4-10-16-27/h2-20H,21-22H2,1H3/p+1/b30-29-. The summed E-state index contributed by atoms with van der Waals surface area (Å²) in [7, 11) is -0.572. The van der Waals surface area contributed by atoms with E-state index in [4.69, 9.17) is 16.3 Å². The highest BCUT2D eigenvalue weighted by Crippen LogP contribution is 2.62. The minimum atomic E-state index is -2.58. The third-order valence-corrected chi connectivity index (χ3v) is 10.8. The van der Waals surface area contributed by atoms with Gasteiger partial charge in [0, 0.05) is 17.6 Å². The summed E-state index contributed by atoms with van der Waals surface area (Å²) in [5.41, 5.74) is 1.32. The molecule has 0 unspecified atom stereocenters. The van der Waals surface area contributed by atoms with E-state index >= 15 is 0 Å². The number of amides is 1. The molecular weight excluding hydrogens is 487 g/mol. The van der Waals surface area contributed by atoms with Crippen LogP contribution in [0.1, 0.15) is 10.4 Å². The molecule has 0 bridgehead atoms. The van der Waals surface area contributed by atoms with Crippen LogP contribution in [0.5, 0.6) is 0 Å². The van der Waals surface area contributed by atoms with Gasteiger partial charge in [-0.1, -0.05) is 66.2 Å². The minimum absolute atomic E-state index is 0.203. The molecule has 5 rings (SSSR count). The molecular formula is C30H27ClN2O2P+. The maximum Gasteiger partial charge on any atom is 0.258 e. The van der Waals surface area contributed by atoms with Gasteiger partial charge in [0.05, 0.1) is 6.54 Å². The molecule has 0 aliphatic carbocycles. The van der Waals surface area contributed by atoms with Crippen LogP contribution in [0.25, 0.3) is 0 Å². The molecule has 4 aromatic carbocycles. The summed E-state index contributed by atoms with van der Waals surface area (Å²) in [4.78, 5) is 15.8. The predicted molar refractivity (Wildman–Crippen MR) is 150 cm³/mol. The van der Waals surface area contributed by atoms with Crippen molar-refractivity contribution in [3.05, 3.63) is 137 Å². The van der Waals surface area contributed by atoms with E-state index < -0.39 is 7.26 Å². The van der Waals surface area contributed by atoms with Gasteiger partial charge in [-0.05, 0) is 60.7 Å². The van der Waals surface area contributed by atoms with Crippen molar-refractivity contribution < 1.29 is 9.53 Å². The van der Waals surface area contributed by atoms with Gasteiger partial charge in [0.15, 0.2) is 7.26 Å². The molecule has 4 nitrogen and oxygen atoms in total. The first-order valence-electron chi connectivity index (χ1n) is 11.8. The molecule has 1 aliphatic heterocycles. The zero-order valence-electron chi connectivity index (χ0n) is 20.0. The lowest BCUT2D eigenvalue weighted by atomic mass is 10.2. The number of nitrogens with one attached hydrogen (secondary N) is 1. The first-order valence-corrected chi connectivity index (χ1v) is 14.0. The van der Waals surface area contributed by atoms with Crippen LogP contribution in [0.2, 0.25) is 5.02 Å². The van der Waals surface area contributed by atoms with Crippen molar-refractivity contribution in [2.24, 2.45) is 0 Å². The number of benzene rings is 4. The number of carbonyl (C=O) groups excluding carboxylic acids is 1. The van der Waals surface area contributed by atoms with Gasteiger partial charge in [-0.25, -0.2) is 0 Å². The third-order valence-electron chi connectivity index (χ3n) is 6.32. The molecule has 1 heterocycles. The van der Waals surface area contributed by atoms with E-state index in [-0.39, 0.29) is 5.91 Å². The summed E-state index contributed by atoms with van der Waals surface area (Å²) in [6, 6.07) is 38.2. The average Bonchev–Trinajstić information content (AvgIpc) is 3.36. The van der Waals surface area contributed by atoms with Crippen LogP contribution in [-0.2, 0) is 4.74 Å². The lowest BCUT2D eigenvalue weighted by molar-refractivity contribution is 0.0964. The third kappa shape index (κ3) is 4.51. The van der Waals surface area contributed by atoms with E-state index in [1.807, 2.05) is 25.2 Å². The van der Waals surface area contributed by atoms with Gasteiger partial charge in [0.2, 0.25) is 5.44 Å². The number of likely N-dealkylation sites (N-methyl/N-ethyl adjacent to an activating group) is 1. The lowest BCUT2D eigenvalue weighted by Crippen LogP contribution is -2.40. The van der Waals surface area contributed by atoms with Crippen molar-refractivity contribution in [1.82, 2.24) is 10.2 Å². The normalized spacial score (nSPS) is 14.8. The summed E-state index contributed by atoms with van der Waals surface area (Å²) in [5, 5.41) is 7.32. The van der Waals surface area contributed by atoms with E-state index in [1.165, 1.54) is 0 Å². The second-order valence-electron chi connectivity index (χ2n) is 8.56. The number of hydrogen-bond donors (Lipinski definition) is 1. The SMILES string of the molecule is CN1CCO/C1=C(/NC(=O)c1ccc(Cl)cc1)[P+](c1ccccc1)(c1ccccc1)c1ccccc1. The summed E-state index contributed by atoms with van der Waals surface area (Å²) in [6.07, 6.45) is 0. The van der Waals surface area contributed by atoms with Crippen molar-refractivity contribution >= 4 is 40.7 Å². The van der Waals surface area contributed by atoms with Gasteiger partial charge in [0.25, 0.3) is 11.8 Å². The molecule has 1 N–H and O–H groups in total. The number of carbonyl (C=O) groups is 1. The van der Waals surface area contributed by atoms with Crippen molar-refractivity contribution in [3.63, 3.8) is 0 Å². The first-order chi connectivity index (χ1) is 17.6.